The summed E-state index contributed by atoms with van der Waals surface area (Å²) in [6.07, 6.45) is 1.47. The maximum atomic E-state index is 13.3. The summed E-state index contributed by atoms with van der Waals surface area (Å²) >= 11 is 0. The first-order chi connectivity index (χ1) is 15.9. The van der Waals surface area contributed by atoms with Crippen molar-refractivity contribution in [3.63, 3.8) is 0 Å². The van der Waals surface area contributed by atoms with Crippen LogP contribution in [-0.4, -0.2) is 31.4 Å². The van der Waals surface area contributed by atoms with Gasteiger partial charge in [0.2, 0.25) is 5.91 Å². The second-order valence-electron chi connectivity index (χ2n) is 7.44. The molecule has 1 amide bonds. The van der Waals surface area contributed by atoms with E-state index in [0.717, 1.165) is 4.57 Å². The molecule has 0 spiro atoms. The predicted molar refractivity (Wildman–Crippen MR) is 123 cm³/mol. The number of amides is 1. The molecule has 4 rings (SSSR count). The molecule has 33 heavy (non-hydrogen) atoms. The van der Waals surface area contributed by atoms with Crippen molar-refractivity contribution in [3.05, 3.63) is 75.0 Å². The van der Waals surface area contributed by atoms with Crippen LogP contribution in [0.3, 0.4) is 0 Å². The highest BCUT2D eigenvalue weighted by molar-refractivity contribution is 5.91. The molecule has 3 heterocycles. The number of fused-ring (bicyclic) bond motifs is 1. The Bertz CT molecular complexity index is 1390. The van der Waals surface area contributed by atoms with Crippen molar-refractivity contribution >= 4 is 22.6 Å². The topological polar surface area (TPSA) is 113 Å². The Labute approximate surface area is 189 Å². The molecule has 0 aliphatic heterocycles. The summed E-state index contributed by atoms with van der Waals surface area (Å²) < 4.78 is 14.6. The SMILES string of the molecule is CCOc1ccc(NC(=O)Cn2c(=O)n(Cc3ccco3)c(=O)c3c2c(C)nn3CC)cc1. The molecule has 0 aliphatic rings. The van der Waals surface area contributed by atoms with Crippen molar-refractivity contribution in [2.75, 3.05) is 11.9 Å². The van der Waals surface area contributed by atoms with Gasteiger partial charge in [0.25, 0.3) is 5.56 Å². The summed E-state index contributed by atoms with van der Waals surface area (Å²) in [5.41, 5.74) is 0.610. The van der Waals surface area contributed by atoms with Crippen LogP contribution in [0.1, 0.15) is 25.3 Å². The van der Waals surface area contributed by atoms with Gasteiger partial charge in [-0.3, -0.25) is 23.4 Å². The third-order valence-electron chi connectivity index (χ3n) is 5.22. The fraction of sp³-hybridized carbons (Fsp3) is 0.304. The molecule has 0 saturated heterocycles. The smallest absolute Gasteiger partial charge is 0.332 e. The number of ether oxygens (including phenoxy) is 1. The monoisotopic (exact) mass is 451 g/mol. The van der Waals surface area contributed by atoms with Crippen LogP contribution < -0.4 is 21.3 Å². The van der Waals surface area contributed by atoms with Crippen molar-refractivity contribution in [3.8, 4) is 5.75 Å². The minimum absolute atomic E-state index is 0.0466. The number of aromatic nitrogens is 4. The van der Waals surface area contributed by atoms with Crippen LogP contribution in [-0.2, 0) is 24.4 Å². The molecule has 3 aromatic heterocycles. The van der Waals surface area contributed by atoms with E-state index >= 15 is 0 Å². The number of aryl methyl sites for hydroxylation is 2. The molecule has 1 aromatic carbocycles. The predicted octanol–water partition coefficient (Wildman–Crippen LogP) is 2.37. The zero-order chi connectivity index (χ0) is 23.5. The molecule has 0 unspecified atom stereocenters. The zero-order valence-electron chi connectivity index (χ0n) is 18.7. The minimum atomic E-state index is -0.607. The maximum Gasteiger partial charge on any atom is 0.332 e. The number of carbonyl (C=O) groups excluding carboxylic acids is 1. The van der Waals surface area contributed by atoms with Gasteiger partial charge in [0.05, 0.1) is 25.1 Å². The van der Waals surface area contributed by atoms with E-state index in [-0.39, 0.29) is 18.6 Å². The summed E-state index contributed by atoms with van der Waals surface area (Å²) in [4.78, 5) is 39.4. The van der Waals surface area contributed by atoms with Crippen LogP contribution >= 0.6 is 0 Å². The number of hydrogen-bond acceptors (Lipinski definition) is 6. The Morgan fingerprint density at radius 2 is 1.85 bits per heavy atom. The van der Waals surface area contributed by atoms with E-state index in [0.29, 0.717) is 41.6 Å². The summed E-state index contributed by atoms with van der Waals surface area (Å²) in [7, 11) is 0. The van der Waals surface area contributed by atoms with Gasteiger partial charge < -0.3 is 14.5 Å². The van der Waals surface area contributed by atoms with Gasteiger partial charge in [0, 0.05) is 12.2 Å². The van der Waals surface area contributed by atoms with Crippen LogP contribution in [0.2, 0.25) is 0 Å². The Kier molecular flexibility index (Phi) is 6.16. The van der Waals surface area contributed by atoms with E-state index in [9.17, 15) is 14.4 Å². The Morgan fingerprint density at radius 1 is 1.09 bits per heavy atom. The van der Waals surface area contributed by atoms with E-state index in [1.807, 2.05) is 13.8 Å². The Hall–Kier alpha value is -4.08. The molecule has 1 N–H and O–H groups in total. The van der Waals surface area contributed by atoms with Crippen molar-refractivity contribution in [2.45, 2.75) is 40.4 Å². The van der Waals surface area contributed by atoms with E-state index < -0.39 is 17.2 Å². The molecule has 0 fully saturated rings. The molecular weight excluding hydrogens is 426 g/mol. The fourth-order valence-corrected chi connectivity index (χ4v) is 3.78. The maximum absolute atomic E-state index is 13.3. The number of carbonyl (C=O) groups is 1. The Balaban J connectivity index is 1.74. The van der Waals surface area contributed by atoms with Crippen LogP contribution in [0, 0.1) is 6.92 Å². The summed E-state index contributed by atoms with van der Waals surface area (Å²) in [5, 5.41) is 7.19. The highest BCUT2D eigenvalue weighted by atomic mass is 16.5. The molecule has 0 saturated carbocycles. The van der Waals surface area contributed by atoms with Crippen molar-refractivity contribution < 1.29 is 13.9 Å². The third kappa shape index (κ3) is 4.32. The lowest BCUT2D eigenvalue weighted by Crippen LogP contribution is -2.42. The first-order valence-electron chi connectivity index (χ1n) is 10.7. The van der Waals surface area contributed by atoms with E-state index in [1.165, 1.54) is 10.8 Å². The lowest BCUT2D eigenvalue weighted by atomic mass is 10.3. The standard InChI is InChI=1S/C23H25N5O5/c1-4-28-21-20(15(3)25-28)26(23(31)27(22(21)30)13-18-7-6-12-33-18)14-19(29)24-16-8-10-17(11-9-16)32-5-2/h6-12H,4-5,13-14H2,1-3H3,(H,24,29). The number of anilines is 1. The number of rotatable bonds is 8. The molecule has 0 bridgehead atoms. The summed E-state index contributed by atoms with van der Waals surface area (Å²) in [6.45, 7) is 6.12. The van der Waals surface area contributed by atoms with Crippen LogP contribution in [0.4, 0.5) is 5.69 Å². The van der Waals surface area contributed by atoms with Crippen LogP contribution in [0.25, 0.3) is 11.0 Å². The number of nitrogens with one attached hydrogen (secondary N) is 1. The second kappa shape index (κ2) is 9.19. The van der Waals surface area contributed by atoms with Gasteiger partial charge in [-0.05, 0) is 57.2 Å². The largest absolute Gasteiger partial charge is 0.494 e. The Morgan fingerprint density at radius 3 is 2.48 bits per heavy atom. The number of nitrogens with zero attached hydrogens (tertiary/aromatic N) is 4. The van der Waals surface area contributed by atoms with Crippen molar-refractivity contribution in [1.29, 1.82) is 0 Å². The molecule has 0 atom stereocenters. The first-order valence-corrected chi connectivity index (χ1v) is 10.7. The van der Waals surface area contributed by atoms with Crippen LogP contribution in [0.5, 0.6) is 5.75 Å². The highest BCUT2D eigenvalue weighted by Gasteiger charge is 2.22. The quantitative estimate of drug-likeness (QED) is 0.440. The van der Waals surface area contributed by atoms with Gasteiger partial charge in [-0.2, -0.15) is 5.10 Å². The lowest BCUT2D eigenvalue weighted by molar-refractivity contribution is -0.116. The van der Waals surface area contributed by atoms with Crippen molar-refractivity contribution in [1.82, 2.24) is 18.9 Å². The van der Waals surface area contributed by atoms with Gasteiger partial charge >= 0.3 is 5.69 Å². The normalized spacial score (nSPS) is 11.1. The van der Waals surface area contributed by atoms with E-state index in [4.69, 9.17) is 9.15 Å². The van der Waals surface area contributed by atoms with Gasteiger partial charge in [-0.25, -0.2) is 4.79 Å². The van der Waals surface area contributed by atoms with E-state index in [1.54, 1.807) is 48.0 Å². The lowest BCUT2D eigenvalue weighted by Gasteiger charge is -2.13. The highest BCUT2D eigenvalue weighted by Crippen LogP contribution is 2.17. The molecule has 172 valence electrons. The molecule has 10 nitrogen and oxygen atoms in total. The van der Waals surface area contributed by atoms with Gasteiger partial charge in [-0.1, -0.05) is 0 Å². The van der Waals surface area contributed by atoms with Gasteiger partial charge in [-0.15, -0.1) is 0 Å². The molecule has 0 aliphatic carbocycles. The molecule has 4 aromatic rings. The zero-order valence-corrected chi connectivity index (χ0v) is 18.7. The first kappa shape index (κ1) is 22.1. The second-order valence-corrected chi connectivity index (χ2v) is 7.44. The minimum Gasteiger partial charge on any atom is -0.494 e. The van der Waals surface area contributed by atoms with Gasteiger partial charge in [0.15, 0.2) is 5.52 Å². The summed E-state index contributed by atoms with van der Waals surface area (Å²) in [5.74, 6) is 0.744. The number of hydrogen-bond donors (Lipinski definition) is 1. The van der Waals surface area contributed by atoms with Crippen LogP contribution in [0.15, 0.2) is 56.7 Å². The average molecular weight is 451 g/mol. The summed E-state index contributed by atoms with van der Waals surface area (Å²) in [6, 6.07) is 10.3. The molecule has 10 heteroatoms. The average Bonchev–Trinajstić information content (AvgIpc) is 3.43. The molecule has 0 radical (unpaired) electrons. The third-order valence-corrected chi connectivity index (χ3v) is 5.22. The number of benzene rings is 1. The molecular formula is C23H25N5O5. The van der Waals surface area contributed by atoms with Crippen molar-refractivity contribution in [2.24, 2.45) is 0 Å². The van der Waals surface area contributed by atoms with E-state index in [2.05, 4.69) is 10.4 Å². The fourth-order valence-electron chi connectivity index (χ4n) is 3.78. The number of furan rings is 1. The van der Waals surface area contributed by atoms with Gasteiger partial charge in [0.1, 0.15) is 23.6 Å².